The van der Waals surface area contributed by atoms with Crippen LogP contribution in [0.1, 0.15) is 75.3 Å². The molecule has 314 valence electrons. The van der Waals surface area contributed by atoms with Crippen LogP contribution in [-0.4, -0.2) is 77.9 Å². The van der Waals surface area contributed by atoms with E-state index in [2.05, 4.69) is 20.5 Å². The van der Waals surface area contributed by atoms with E-state index < -0.39 is 29.6 Å². The molecule has 3 aromatic rings. The van der Waals surface area contributed by atoms with E-state index in [9.17, 15) is 32.3 Å². The van der Waals surface area contributed by atoms with Gasteiger partial charge in [0.2, 0.25) is 11.8 Å². The van der Waals surface area contributed by atoms with Crippen molar-refractivity contribution in [2.45, 2.75) is 76.4 Å². The van der Waals surface area contributed by atoms with E-state index in [0.717, 1.165) is 31.9 Å². The van der Waals surface area contributed by atoms with Crippen molar-refractivity contribution in [1.82, 2.24) is 19.8 Å². The Balaban J connectivity index is 0.920. The summed E-state index contributed by atoms with van der Waals surface area (Å²) in [6.07, 6.45) is 8.92. The lowest BCUT2D eigenvalue weighted by molar-refractivity contribution is -0.137. The minimum atomic E-state index is -4.62. The maximum absolute atomic E-state index is 16.1. The lowest BCUT2D eigenvalue weighted by atomic mass is 9.90. The molecule has 1 aliphatic carbocycles. The Bertz CT molecular complexity index is 2260. The van der Waals surface area contributed by atoms with Gasteiger partial charge in [-0.1, -0.05) is 0 Å². The predicted molar refractivity (Wildman–Crippen MR) is 217 cm³/mol. The fraction of sp³-hybridized carbons (Fsp3) is 0.477. The molecule has 4 aliphatic rings. The molecule has 2 aromatic heterocycles. The summed E-state index contributed by atoms with van der Waals surface area (Å²) >= 11 is 0. The molecular formula is C44H50F4N6O5. The molecular weight excluding hydrogens is 769 g/mol. The minimum Gasteiger partial charge on any atom is -0.501 e. The molecule has 3 fully saturated rings. The lowest BCUT2D eigenvalue weighted by Gasteiger charge is -2.35. The number of ether oxygens (including phenoxy) is 1. The third kappa shape index (κ3) is 9.94. The van der Waals surface area contributed by atoms with Gasteiger partial charge in [0.05, 0.1) is 24.6 Å². The minimum absolute atomic E-state index is 0.0660. The molecule has 2 atom stereocenters. The van der Waals surface area contributed by atoms with Gasteiger partial charge in [0.25, 0.3) is 5.56 Å². The van der Waals surface area contributed by atoms with Crippen LogP contribution in [0, 0.1) is 11.8 Å². The van der Waals surface area contributed by atoms with Crippen LogP contribution in [0.25, 0.3) is 16.3 Å². The van der Waals surface area contributed by atoms with Gasteiger partial charge in [0.1, 0.15) is 23.4 Å². The van der Waals surface area contributed by atoms with Gasteiger partial charge in [0.15, 0.2) is 0 Å². The van der Waals surface area contributed by atoms with E-state index in [1.165, 1.54) is 29.0 Å². The van der Waals surface area contributed by atoms with Gasteiger partial charge in [-0.25, -0.2) is 4.39 Å². The number of aromatic nitrogens is 2. The molecule has 2 amide bonds. The van der Waals surface area contributed by atoms with Crippen LogP contribution >= 0.6 is 0 Å². The van der Waals surface area contributed by atoms with Crippen LogP contribution in [-0.2, 0) is 32.3 Å². The first-order valence-corrected chi connectivity index (χ1v) is 20.3. The molecule has 2 unspecified atom stereocenters. The first kappa shape index (κ1) is 41.8. The number of fused-ring (bicyclic) bond motifs is 1. The molecule has 11 nitrogen and oxygen atoms in total. The molecule has 15 heteroatoms. The van der Waals surface area contributed by atoms with E-state index in [0.29, 0.717) is 91.5 Å². The zero-order valence-corrected chi connectivity index (χ0v) is 33.4. The Morgan fingerprint density at radius 3 is 2.51 bits per heavy atom. The first-order chi connectivity index (χ1) is 28.2. The molecule has 59 heavy (non-hydrogen) atoms. The number of nitrogens with zero attached hydrogens (tertiary/aromatic N) is 4. The fourth-order valence-corrected chi connectivity index (χ4v) is 8.91. The zero-order valence-electron chi connectivity index (χ0n) is 33.4. The molecule has 0 radical (unpaired) electrons. The Morgan fingerprint density at radius 1 is 0.983 bits per heavy atom. The summed E-state index contributed by atoms with van der Waals surface area (Å²) in [5, 5.41) is 6.19. The number of likely N-dealkylation sites (tertiary alicyclic amines) is 1. The number of halogens is 4. The maximum Gasteiger partial charge on any atom is 0.418 e. The van der Waals surface area contributed by atoms with Crippen molar-refractivity contribution in [3.05, 3.63) is 93.6 Å². The van der Waals surface area contributed by atoms with Crippen LogP contribution in [0.4, 0.5) is 28.9 Å². The zero-order chi connectivity index (χ0) is 41.8. The van der Waals surface area contributed by atoms with Gasteiger partial charge in [-0.3, -0.25) is 34.4 Å². The second-order valence-corrected chi connectivity index (χ2v) is 16.3. The van der Waals surface area contributed by atoms with Crippen molar-refractivity contribution in [2.24, 2.45) is 18.9 Å². The molecule has 0 saturated carbocycles. The number of piperidine rings is 2. The summed E-state index contributed by atoms with van der Waals surface area (Å²) < 4.78 is 66.1. The molecule has 2 N–H and O–H groups in total. The van der Waals surface area contributed by atoms with Crippen molar-refractivity contribution in [1.29, 1.82) is 0 Å². The van der Waals surface area contributed by atoms with Crippen LogP contribution in [0.5, 0.6) is 0 Å². The fourth-order valence-electron chi connectivity index (χ4n) is 8.91. The number of imide groups is 1. The normalized spacial score (nSPS) is 21.4. The number of alkyl halides is 3. The highest BCUT2D eigenvalue weighted by atomic mass is 19.4. The number of Topliss-reactive ketones (excluding diaryl/α,β-unsaturated/α-hetero) is 1. The summed E-state index contributed by atoms with van der Waals surface area (Å²) in [5.41, 5.74) is 1.21. The second-order valence-electron chi connectivity index (χ2n) is 16.3. The third-order valence-electron chi connectivity index (χ3n) is 12.1. The highest BCUT2D eigenvalue weighted by molar-refractivity contribution is 6.01. The molecule has 1 aromatic carbocycles. The number of carbonyl (C=O) groups is 3. The standard InChI is InChI=1S/C44H50F4N6O5/c1-52-26-36(34-9-13-49-24-35(34)43(52)58)29-20-33(59-2)21-30(38(45)22-29)18-27-4-3-14-53(15-10-27)25-32(55)19-28-11-16-54(17-12-28)40-7-5-31(23-37(40)44(46,47)48)50-39-6-8-41(56)51-42(39)57/h5,7,9,13,20,22-24,26-28,39,50H,3-4,6,8,10-12,14-19,21,25H2,1-2H3,(H,51,56,57). The van der Waals surface area contributed by atoms with Crippen LogP contribution < -0.4 is 21.1 Å². The number of nitrogens with one attached hydrogen (secondary N) is 2. The highest BCUT2D eigenvalue weighted by Crippen LogP contribution is 2.41. The molecule has 3 saturated heterocycles. The number of allylic oxidation sites excluding steroid dienone is 5. The molecule has 7 rings (SSSR count). The number of hydrogen-bond acceptors (Lipinski definition) is 9. The Hall–Kier alpha value is -5.31. The Morgan fingerprint density at radius 2 is 1.76 bits per heavy atom. The van der Waals surface area contributed by atoms with Crippen LogP contribution in [0.3, 0.4) is 0 Å². The van der Waals surface area contributed by atoms with Gasteiger partial charge in [0, 0.05) is 74.9 Å². The monoisotopic (exact) mass is 818 g/mol. The molecule has 0 spiro atoms. The molecule has 3 aliphatic heterocycles. The number of rotatable bonds is 11. The summed E-state index contributed by atoms with van der Waals surface area (Å²) in [7, 11) is 3.24. The number of pyridine rings is 2. The number of benzene rings is 1. The first-order valence-electron chi connectivity index (χ1n) is 20.3. The smallest absolute Gasteiger partial charge is 0.418 e. The average Bonchev–Trinajstić information content (AvgIpc) is 3.52. The number of amides is 2. The van der Waals surface area contributed by atoms with Gasteiger partial charge in [-0.05, 0) is 123 Å². The van der Waals surface area contributed by atoms with Gasteiger partial charge in [-0.15, -0.1) is 0 Å². The van der Waals surface area contributed by atoms with E-state index >= 15 is 4.39 Å². The largest absolute Gasteiger partial charge is 0.501 e. The van der Waals surface area contributed by atoms with E-state index in [-0.39, 0.29) is 53.2 Å². The van der Waals surface area contributed by atoms with E-state index in [1.807, 2.05) is 6.08 Å². The maximum atomic E-state index is 16.1. The highest BCUT2D eigenvalue weighted by Gasteiger charge is 2.37. The predicted octanol–water partition coefficient (Wildman–Crippen LogP) is 7.08. The average molecular weight is 819 g/mol. The van der Waals surface area contributed by atoms with Crippen molar-refractivity contribution in [3.63, 3.8) is 0 Å². The van der Waals surface area contributed by atoms with Crippen LogP contribution in [0.15, 0.2) is 77.0 Å². The Kier molecular flexibility index (Phi) is 12.7. The number of methoxy groups -OCH3 is 1. The number of aryl methyl sites for hydroxylation is 1. The van der Waals surface area contributed by atoms with Crippen molar-refractivity contribution >= 4 is 45.3 Å². The number of carbonyl (C=O) groups excluding carboxylic acids is 3. The van der Waals surface area contributed by atoms with Crippen molar-refractivity contribution in [2.75, 3.05) is 50.1 Å². The Labute approximate surface area is 340 Å². The van der Waals surface area contributed by atoms with Crippen LogP contribution in [0.2, 0.25) is 0 Å². The van der Waals surface area contributed by atoms with Gasteiger partial charge >= 0.3 is 6.18 Å². The topological polar surface area (TPSA) is 126 Å². The van der Waals surface area contributed by atoms with Gasteiger partial charge in [-0.2, -0.15) is 13.2 Å². The van der Waals surface area contributed by atoms with E-state index in [4.69, 9.17) is 4.74 Å². The lowest BCUT2D eigenvalue weighted by Crippen LogP contribution is -2.47. The van der Waals surface area contributed by atoms with Crippen molar-refractivity contribution < 1.29 is 36.7 Å². The second kappa shape index (κ2) is 17.9. The van der Waals surface area contributed by atoms with E-state index in [1.54, 1.807) is 37.5 Å². The molecule has 5 heterocycles. The summed E-state index contributed by atoms with van der Waals surface area (Å²) in [6.45, 7) is 2.56. The molecule has 0 bridgehead atoms. The summed E-state index contributed by atoms with van der Waals surface area (Å²) in [5.74, 6) is -0.233. The quantitative estimate of drug-likeness (QED) is 0.154. The number of hydrogen-bond donors (Lipinski definition) is 2. The SMILES string of the molecule is COC1=CC(c2cn(C)c(=O)c3cnccc23)=CC(F)=C(CC2CCCN(CC(=O)CC3CCN(c4ccc(NC5CCC(=O)NC5=O)cc4C(F)(F)F)CC3)CC2)C1. The summed E-state index contributed by atoms with van der Waals surface area (Å²) in [4.78, 5) is 57.7. The van der Waals surface area contributed by atoms with Gasteiger partial charge < -0.3 is 19.5 Å². The number of ketones is 1. The summed E-state index contributed by atoms with van der Waals surface area (Å²) in [6, 6.07) is 4.93. The van der Waals surface area contributed by atoms with Crippen molar-refractivity contribution in [3.8, 4) is 0 Å². The third-order valence-corrected chi connectivity index (χ3v) is 12.1. The number of anilines is 2.